The normalized spacial score (nSPS) is 24.3. The maximum atomic E-state index is 12.2. The van der Waals surface area contributed by atoms with E-state index in [1.807, 2.05) is 13.0 Å². The highest BCUT2D eigenvalue weighted by molar-refractivity contribution is 6.07. The topological polar surface area (TPSA) is 94.9 Å². The Kier molecular flexibility index (Phi) is 3.31. The maximum Gasteiger partial charge on any atom is 0.324 e. The van der Waals surface area contributed by atoms with Gasteiger partial charge in [0.25, 0.3) is 5.91 Å². The van der Waals surface area contributed by atoms with Gasteiger partial charge in [0, 0.05) is 13.6 Å². The van der Waals surface area contributed by atoms with E-state index in [1.165, 1.54) is 11.9 Å². The molecule has 2 N–H and O–H groups in total. The minimum Gasteiger partial charge on any atom is -0.467 e. The average molecular weight is 306 g/mol. The van der Waals surface area contributed by atoms with Crippen molar-refractivity contribution in [1.29, 1.82) is 0 Å². The van der Waals surface area contributed by atoms with E-state index >= 15 is 0 Å². The van der Waals surface area contributed by atoms with Gasteiger partial charge in [-0.2, -0.15) is 0 Å². The number of likely N-dealkylation sites (N-methyl/N-ethyl adjacent to an activating group) is 1. The number of hydrogen-bond acceptors (Lipinski definition) is 4. The summed E-state index contributed by atoms with van der Waals surface area (Å²) in [6.45, 7) is 2.80. The highest BCUT2D eigenvalue weighted by Crippen LogP contribution is 2.27. The largest absolute Gasteiger partial charge is 0.467 e. The maximum absolute atomic E-state index is 12.2. The van der Waals surface area contributed by atoms with Crippen LogP contribution in [0.25, 0.3) is 0 Å². The quantitative estimate of drug-likeness (QED) is 0.774. The number of likely N-dealkylation sites (tertiary alicyclic amines) is 1. The fourth-order valence-corrected chi connectivity index (χ4v) is 2.87. The van der Waals surface area contributed by atoms with Crippen LogP contribution in [0.1, 0.15) is 17.7 Å². The van der Waals surface area contributed by atoms with Crippen LogP contribution in [0.2, 0.25) is 0 Å². The lowest BCUT2D eigenvalue weighted by Gasteiger charge is -2.21. The predicted octanol–water partition coefficient (Wildman–Crippen LogP) is 0.424. The molecule has 1 aromatic heterocycles. The van der Waals surface area contributed by atoms with Crippen molar-refractivity contribution in [2.24, 2.45) is 0 Å². The van der Waals surface area contributed by atoms with Gasteiger partial charge in [0.05, 0.1) is 19.4 Å². The number of nitrogens with zero attached hydrogens (tertiary/aromatic N) is 2. The standard InChI is InChI=1S/C14H18N4O4/c1-9-3-6-22-10(9)7-15-12(20)18-5-4-14(8-18)11(19)17(2)13(21)16-14/h3,6H,4-5,7-8H2,1-2H3,(H,15,20)(H,16,21). The van der Waals surface area contributed by atoms with Crippen LogP contribution >= 0.6 is 0 Å². The molecule has 0 saturated carbocycles. The second-order valence-corrected chi connectivity index (χ2v) is 5.73. The number of amides is 5. The third-order valence-corrected chi connectivity index (χ3v) is 4.29. The van der Waals surface area contributed by atoms with Gasteiger partial charge in [-0.15, -0.1) is 0 Å². The second kappa shape index (κ2) is 5.04. The molecule has 118 valence electrons. The highest BCUT2D eigenvalue weighted by atomic mass is 16.3. The van der Waals surface area contributed by atoms with E-state index in [0.29, 0.717) is 25.3 Å². The molecule has 1 spiro atoms. The van der Waals surface area contributed by atoms with Crippen LogP contribution in [-0.4, -0.2) is 53.4 Å². The van der Waals surface area contributed by atoms with Gasteiger partial charge in [-0.25, -0.2) is 9.59 Å². The summed E-state index contributed by atoms with van der Waals surface area (Å²) >= 11 is 0. The monoisotopic (exact) mass is 306 g/mol. The van der Waals surface area contributed by atoms with Crippen LogP contribution in [0.3, 0.4) is 0 Å². The van der Waals surface area contributed by atoms with Crippen molar-refractivity contribution in [3.63, 3.8) is 0 Å². The summed E-state index contributed by atoms with van der Waals surface area (Å²) in [5.74, 6) is 0.418. The van der Waals surface area contributed by atoms with Crippen LogP contribution in [0, 0.1) is 6.92 Å². The highest BCUT2D eigenvalue weighted by Gasteiger charge is 2.54. The SMILES string of the molecule is Cc1ccoc1CNC(=O)N1CCC2(C1)NC(=O)N(C)C2=O. The fraction of sp³-hybridized carbons (Fsp3) is 0.500. The number of carbonyl (C=O) groups excluding carboxylic acids is 3. The Morgan fingerprint density at radius 1 is 1.50 bits per heavy atom. The Morgan fingerprint density at radius 2 is 2.27 bits per heavy atom. The molecule has 2 saturated heterocycles. The summed E-state index contributed by atoms with van der Waals surface area (Å²) < 4.78 is 5.26. The van der Waals surface area contributed by atoms with Crippen LogP contribution in [0.15, 0.2) is 16.7 Å². The van der Waals surface area contributed by atoms with E-state index in [-0.39, 0.29) is 18.5 Å². The summed E-state index contributed by atoms with van der Waals surface area (Å²) in [6, 6.07) is 1.14. The van der Waals surface area contributed by atoms with Gasteiger partial charge in [-0.05, 0) is 25.0 Å². The Hall–Kier alpha value is -2.51. The van der Waals surface area contributed by atoms with Crippen molar-refractivity contribution in [1.82, 2.24) is 20.4 Å². The summed E-state index contributed by atoms with van der Waals surface area (Å²) in [4.78, 5) is 38.6. The molecule has 0 aromatic carbocycles. The molecule has 0 bridgehead atoms. The molecular weight excluding hydrogens is 288 g/mol. The number of aryl methyl sites for hydroxylation is 1. The summed E-state index contributed by atoms with van der Waals surface area (Å²) in [7, 11) is 1.44. The first-order chi connectivity index (χ1) is 10.4. The van der Waals surface area contributed by atoms with Crippen molar-refractivity contribution in [2.45, 2.75) is 25.4 Å². The number of imide groups is 1. The predicted molar refractivity (Wildman–Crippen MR) is 75.9 cm³/mol. The Balaban J connectivity index is 1.61. The van der Waals surface area contributed by atoms with Gasteiger partial charge < -0.3 is 20.0 Å². The number of carbonyl (C=O) groups is 3. The molecule has 1 atom stereocenters. The number of urea groups is 2. The molecule has 1 aromatic rings. The van der Waals surface area contributed by atoms with Crippen LogP contribution in [0.4, 0.5) is 9.59 Å². The molecule has 2 aliphatic rings. The molecule has 8 heteroatoms. The van der Waals surface area contributed by atoms with Crippen LogP contribution in [0.5, 0.6) is 0 Å². The molecule has 22 heavy (non-hydrogen) atoms. The van der Waals surface area contributed by atoms with Crippen molar-refractivity contribution in [3.05, 3.63) is 23.7 Å². The van der Waals surface area contributed by atoms with E-state index in [9.17, 15) is 14.4 Å². The van der Waals surface area contributed by atoms with E-state index in [2.05, 4.69) is 10.6 Å². The molecule has 2 fully saturated rings. The van der Waals surface area contributed by atoms with Gasteiger partial charge in [0.2, 0.25) is 0 Å². The molecular formula is C14H18N4O4. The third kappa shape index (κ3) is 2.20. The van der Waals surface area contributed by atoms with Gasteiger partial charge in [0.1, 0.15) is 11.3 Å². The lowest BCUT2D eigenvalue weighted by molar-refractivity contribution is -0.129. The minimum absolute atomic E-state index is 0.185. The number of furan rings is 1. The van der Waals surface area contributed by atoms with Crippen LogP contribution < -0.4 is 10.6 Å². The number of nitrogens with one attached hydrogen (secondary N) is 2. The number of hydrogen-bond donors (Lipinski definition) is 2. The van der Waals surface area contributed by atoms with E-state index in [4.69, 9.17) is 4.42 Å². The van der Waals surface area contributed by atoms with Gasteiger partial charge in [-0.3, -0.25) is 9.69 Å². The lowest BCUT2D eigenvalue weighted by Crippen LogP contribution is -2.50. The van der Waals surface area contributed by atoms with Gasteiger partial charge >= 0.3 is 12.1 Å². The molecule has 1 unspecified atom stereocenters. The molecule has 3 rings (SSSR count). The number of rotatable bonds is 2. The van der Waals surface area contributed by atoms with Gasteiger partial charge in [-0.1, -0.05) is 0 Å². The minimum atomic E-state index is -0.968. The van der Waals surface area contributed by atoms with Crippen molar-refractivity contribution in [2.75, 3.05) is 20.1 Å². The molecule has 5 amide bonds. The zero-order valence-electron chi connectivity index (χ0n) is 12.5. The van der Waals surface area contributed by atoms with Crippen molar-refractivity contribution < 1.29 is 18.8 Å². The molecule has 0 radical (unpaired) electrons. The van der Waals surface area contributed by atoms with Crippen molar-refractivity contribution >= 4 is 18.0 Å². The van der Waals surface area contributed by atoms with E-state index in [1.54, 1.807) is 6.26 Å². The summed E-state index contributed by atoms with van der Waals surface area (Å²) in [5, 5.41) is 5.46. The van der Waals surface area contributed by atoms with Crippen LogP contribution in [-0.2, 0) is 11.3 Å². The first-order valence-corrected chi connectivity index (χ1v) is 7.09. The first-order valence-electron chi connectivity index (χ1n) is 7.09. The van der Waals surface area contributed by atoms with Gasteiger partial charge in [0.15, 0.2) is 0 Å². The smallest absolute Gasteiger partial charge is 0.324 e. The van der Waals surface area contributed by atoms with E-state index in [0.717, 1.165) is 10.5 Å². The lowest BCUT2D eigenvalue weighted by atomic mass is 9.99. The Morgan fingerprint density at radius 3 is 2.86 bits per heavy atom. The second-order valence-electron chi connectivity index (χ2n) is 5.73. The van der Waals surface area contributed by atoms with Crippen molar-refractivity contribution in [3.8, 4) is 0 Å². The average Bonchev–Trinajstić information content (AvgIpc) is 3.15. The Labute approximate surface area is 127 Å². The molecule has 0 aliphatic carbocycles. The fourth-order valence-electron chi connectivity index (χ4n) is 2.87. The zero-order chi connectivity index (χ0) is 15.9. The third-order valence-electron chi connectivity index (χ3n) is 4.29. The molecule has 3 heterocycles. The molecule has 2 aliphatic heterocycles. The summed E-state index contributed by atoms with van der Waals surface area (Å²) in [5.41, 5.74) is 0.00194. The zero-order valence-corrected chi connectivity index (χ0v) is 12.5. The summed E-state index contributed by atoms with van der Waals surface area (Å²) in [6.07, 6.45) is 2.00. The first kappa shape index (κ1) is 14.4. The van der Waals surface area contributed by atoms with E-state index < -0.39 is 11.6 Å². The molecule has 8 nitrogen and oxygen atoms in total. The Bertz CT molecular complexity index is 641.